The second-order valence-corrected chi connectivity index (χ2v) is 3.92. The predicted octanol–water partition coefficient (Wildman–Crippen LogP) is 2.12. The lowest BCUT2D eigenvalue weighted by atomic mass is 10.2. The largest absolute Gasteiger partial charge is 0.273 e. The minimum atomic E-state index is -0.704. The minimum Gasteiger partial charge on any atom is -0.267 e. The van der Waals surface area contributed by atoms with Crippen LogP contribution in [0.15, 0.2) is 24.5 Å². The first-order valence-electron chi connectivity index (χ1n) is 4.46. The lowest BCUT2D eigenvalue weighted by molar-refractivity contribution is 0.100. The number of amides is 1. The predicted molar refractivity (Wildman–Crippen MR) is 62.5 cm³/mol. The van der Waals surface area contributed by atoms with Crippen molar-refractivity contribution in [3.05, 3.63) is 45.7 Å². The van der Waals surface area contributed by atoms with Gasteiger partial charge < -0.3 is 0 Å². The second kappa shape index (κ2) is 4.64. The molecule has 0 bridgehead atoms. The molecular formula is C9H6ClFN4OS. The zero-order valence-electron chi connectivity index (χ0n) is 8.28. The SMILES string of the molecule is O=C(Nn1cn[nH]c1=S)c1ccc(Cl)cc1F. The van der Waals surface area contributed by atoms with Crippen molar-refractivity contribution in [2.45, 2.75) is 0 Å². The van der Waals surface area contributed by atoms with E-state index in [4.69, 9.17) is 23.8 Å². The summed E-state index contributed by atoms with van der Waals surface area (Å²) in [7, 11) is 0. The van der Waals surface area contributed by atoms with E-state index in [1.165, 1.54) is 23.1 Å². The zero-order chi connectivity index (χ0) is 12.4. The van der Waals surface area contributed by atoms with Crippen molar-refractivity contribution in [2.24, 2.45) is 0 Å². The second-order valence-electron chi connectivity index (χ2n) is 3.10. The Morgan fingerprint density at radius 2 is 2.35 bits per heavy atom. The van der Waals surface area contributed by atoms with Crippen molar-refractivity contribution in [2.75, 3.05) is 5.43 Å². The van der Waals surface area contributed by atoms with Gasteiger partial charge in [0.05, 0.1) is 5.56 Å². The summed E-state index contributed by atoms with van der Waals surface area (Å²) in [5.74, 6) is -1.35. The van der Waals surface area contributed by atoms with E-state index in [0.717, 1.165) is 6.07 Å². The molecule has 1 aromatic carbocycles. The molecule has 0 saturated carbocycles. The van der Waals surface area contributed by atoms with E-state index in [1.807, 2.05) is 0 Å². The Morgan fingerprint density at radius 1 is 1.59 bits per heavy atom. The third kappa shape index (κ3) is 2.51. The van der Waals surface area contributed by atoms with E-state index in [0.29, 0.717) is 0 Å². The Bertz CT molecular complexity index is 623. The Kier molecular flexibility index (Phi) is 3.21. The average molecular weight is 273 g/mol. The zero-order valence-corrected chi connectivity index (χ0v) is 9.85. The van der Waals surface area contributed by atoms with Crippen LogP contribution in [0, 0.1) is 10.6 Å². The molecule has 2 N–H and O–H groups in total. The van der Waals surface area contributed by atoms with Crippen LogP contribution in [0.25, 0.3) is 0 Å². The van der Waals surface area contributed by atoms with Crippen LogP contribution in [0.3, 0.4) is 0 Å². The standard InChI is InChI=1S/C9H6ClFN4OS/c10-5-1-2-6(7(11)3-5)8(16)14-15-4-12-13-9(15)17/h1-4H,(H,13,17)(H,14,16). The van der Waals surface area contributed by atoms with Gasteiger partial charge in [0.25, 0.3) is 5.91 Å². The van der Waals surface area contributed by atoms with Crippen LogP contribution in [-0.4, -0.2) is 20.8 Å². The van der Waals surface area contributed by atoms with Crippen LogP contribution < -0.4 is 5.43 Å². The summed E-state index contributed by atoms with van der Waals surface area (Å²) in [6.07, 6.45) is 1.27. The summed E-state index contributed by atoms with van der Waals surface area (Å²) in [5, 5.41) is 6.28. The molecule has 0 radical (unpaired) electrons. The summed E-state index contributed by atoms with van der Waals surface area (Å²) >= 11 is 10.4. The Hall–Kier alpha value is -1.73. The first-order chi connectivity index (χ1) is 8.08. The van der Waals surface area contributed by atoms with E-state index >= 15 is 0 Å². The molecule has 1 heterocycles. The molecule has 0 fully saturated rings. The van der Waals surface area contributed by atoms with Crippen LogP contribution in [0.1, 0.15) is 10.4 Å². The summed E-state index contributed by atoms with van der Waals surface area (Å²) < 4.78 is 14.8. The molecule has 2 rings (SSSR count). The number of halogens is 2. The van der Waals surface area contributed by atoms with Gasteiger partial charge in [-0.3, -0.25) is 15.3 Å². The van der Waals surface area contributed by atoms with Crippen molar-refractivity contribution in [3.63, 3.8) is 0 Å². The number of hydrogen-bond donors (Lipinski definition) is 2. The fraction of sp³-hybridized carbons (Fsp3) is 0. The van der Waals surface area contributed by atoms with Gasteiger partial charge in [0, 0.05) is 5.02 Å². The average Bonchev–Trinajstić information content (AvgIpc) is 2.64. The third-order valence-corrected chi connectivity index (χ3v) is 2.47. The Balaban J connectivity index is 2.26. The summed E-state index contributed by atoms with van der Waals surface area (Å²) in [5.41, 5.74) is 2.24. The molecule has 1 aromatic heterocycles. The Morgan fingerprint density at radius 3 is 2.94 bits per heavy atom. The van der Waals surface area contributed by atoms with Crippen LogP contribution in [-0.2, 0) is 0 Å². The summed E-state index contributed by atoms with van der Waals surface area (Å²) in [6.45, 7) is 0. The summed E-state index contributed by atoms with van der Waals surface area (Å²) in [4.78, 5) is 11.7. The number of aromatic amines is 1. The highest BCUT2D eigenvalue weighted by atomic mass is 35.5. The van der Waals surface area contributed by atoms with Gasteiger partial charge >= 0.3 is 0 Å². The molecule has 0 aliphatic carbocycles. The lowest BCUT2D eigenvalue weighted by Crippen LogP contribution is -2.23. The maximum absolute atomic E-state index is 13.4. The number of nitrogens with one attached hydrogen (secondary N) is 2. The topological polar surface area (TPSA) is 62.7 Å². The normalized spacial score (nSPS) is 10.2. The fourth-order valence-electron chi connectivity index (χ4n) is 1.17. The van der Waals surface area contributed by atoms with Crippen LogP contribution in [0.5, 0.6) is 0 Å². The van der Waals surface area contributed by atoms with Gasteiger partial charge in [0.15, 0.2) is 0 Å². The molecule has 0 spiro atoms. The molecule has 0 aliphatic rings. The van der Waals surface area contributed by atoms with Crippen LogP contribution >= 0.6 is 23.8 Å². The number of carbonyl (C=O) groups excluding carboxylic acids is 1. The molecule has 2 aromatic rings. The highest BCUT2D eigenvalue weighted by molar-refractivity contribution is 7.71. The van der Waals surface area contributed by atoms with Gasteiger partial charge in [-0.1, -0.05) is 11.6 Å². The van der Waals surface area contributed by atoms with Crippen LogP contribution in [0.4, 0.5) is 4.39 Å². The number of H-pyrrole nitrogens is 1. The van der Waals surface area contributed by atoms with E-state index in [1.54, 1.807) is 0 Å². The number of rotatable bonds is 2. The van der Waals surface area contributed by atoms with Gasteiger partial charge in [-0.15, -0.1) is 0 Å². The van der Waals surface area contributed by atoms with E-state index in [-0.39, 0.29) is 15.4 Å². The molecule has 1 amide bonds. The molecule has 17 heavy (non-hydrogen) atoms. The highest BCUT2D eigenvalue weighted by Crippen LogP contribution is 2.14. The molecular weight excluding hydrogens is 267 g/mol. The molecule has 5 nitrogen and oxygen atoms in total. The smallest absolute Gasteiger partial charge is 0.267 e. The fourth-order valence-corrected chi connectivity index (χ4v) is 1.48. The maximum Gasteiger partial charge on any atom is 0.273 e. The highest BCUT2D eigenvalue weighted by Gasteiger charge is 2.12. The molecule has 0 saturated heterocycles. The number of nitrogens with zero attached hydrogens (tertiary/aromatic N) is 2. The number of benzene rings is 1. The van der Waals surface area contributed by atoms with Gasteiger partial charge in [-0.05, 0) is 30.4 Å². The summed E-state index contributed by atoms with van der Waals surface area (Å²) in [6, 6.07) is 3.77. The van der Waals surface area contributed by atoms with E-state index < -0.39 is 11.7 Å². The lowest BCUT2D eigenvalue weighted by Gasteiger charge is -2.05. The van der Waals surface area contributed by atoms with Gasteiger partial charge in [-0.25, -0.2) is 9.07 Å². The number of hydrogen-bond acceptors (Lipinski definition) is 3. The quantitative estimate of drug-likeness (QED) is 0.823. The van der Waals surface area contributed by atoms with Crippen molar-refractivity contribution in [3.8, 4) is 0 Å². The van der Waals surface area contributed by atoms with E-state index in [9.17, 15) is 9.18 Å². The molecule has 0 unspecified atom stereocenters. The third-order valence-electron chi connectivity index (χ3n) is 1.95. The Labute approximate surface area is 105 Å². The molecule has 0 atom stereocenters. The van der Waals surface area contributed by atoms with Crippen molar-refractivity contribution in [1.29, 1.82) is 0 Å². The monoisotopic (exact) mass is 272 g/mol. The first-order valence-corrected chi connectivity index (χ1v) is 5.25. The molecule has 0 aliphatic heterocycles. The van der Waals surface area contributed by atoms with Crippen molar-refractivity contribution in [1.82, 2.24) is 14.9 Å². The van der Waals surface area contributed by atoms with Gasteiger partial charge in [0.1, 0.15) is 12.1 Å². The minimum absolute atomic E-state index is 0.127. The molecule has 8 heteroatoms. The van der Waals surface area contributed by atoms with Gasteiger partial charge in [-0.2, -0.15) is 5.10 Å². The van der Waals surface area contributed by atoms with Gasteiger partial charge in [0.2, 0.25) is 4.77 Å². The molecule has 88 valence electrons. The van der Waals surface area contributed by atoms with Crippen molar-refractivity contribution < 1.29 is 9.18 Å². The first kappa shape index (κ1) is 11.7. The van der Waals surface area contributed by atoms with E-state index in [2.05, 4.69) is 15.6 Å². The number of aromatic nitrogens is 3. The van der Waals surface area contributed by atoms with Crippen LogP contribution in [0.2, 0.25) is 5.02 Å². The number of carbonyl (C=O) groups is 1. The maximum atomic E-state index is 13.4. The van der Waals surface area contributed by atoms with Crippen molar-refractivity contribution >= 4 is 29.7 Å².